The zero-order valence-electron chi connectivity index (χ0n) is 13.3. The SMILES string of the molecule is COc1cc(C23CCC(=O)CC2N(C)CC3)cc(I)c1OC. The molecular formula is C17H22INO3. The van der Waals surface area contributed by atoms with E-state index in [2.05, 4.69) is 46.7 Å². The van der Waals surface area contributed by atoms with Gasteiger partial charge in [0.1, 0.15) is 5.78 Å². The Balaban J connectivity index is 2.09. The highest BCUT2D eigenvalue weighted by molar-refractivity contribution is 14.1. The van der Waals surface area contributed by atoms with E-state index in [0.717, 1.165) is 34.5 Å². The quantitative estimate of drug-likeness (QED) is 0.712. The number of ether oxygens (including phenoxy) is 2. The average molecular weight is 415 g/mol. The second-order valence-electron chi connectivity index (χ2n) is 6.34. The van der Waals surface area contributed by atoms with Crippen LogP contribution < -0.4 is 9.47 Å². The van der Waals surface area contributed by atoms with Gasteiger partial charge in [-0.1, -0.05) is 0 Å². The normalized spacial score (nSPS) is 28.5. The van der Waals surface area contributed by atoms with E-state index >= 15 is 0 Å². The van der Waals surface area contributed by atoms with Gasteiger partial charge in [-0.05, 0) is 66.7 Å². The van der Waals surface area contributed by atoms with E-state index in [1.165, 1.54) is 5.56 Å². The van der Waals surface area contributed by atoms with E-state index in [4.69, 9.17) is 9.47 Å². The molecule has 0 amide bonds. The summed E-state index contributed by atoms with van der Waals surface area (Å²) in [5, 5.41) is 0. The van der Waals surface area contributed by atoms with Crippen LogP contribution in [0.25, 0.3) is 0 Å². The first-order valence-corrected chi connectivity index (χ1v) is 8.73. The monoisotopic (exact) mass is 415 g/mol. The molecule has 1 aromatic rings. The van der Waals surface area contributed by atoms with Gasteiger partial charge in [-0.3, -0.25) is 4.79 Å². The molecule has 1 saturated heterocycles. The van der Waals surface area contributed by atoms with Crippen molar-refractivity contribution in [1.29, 1.82) is 0 Å². The number of likely N-dealkylation sites (N-methyl/N-ethyl adjacent to an activating group) is 1. The summed E-state index contributed by atoms with van der Waals surface area (Å²) in [7, 11) is 5.48. The number of hydrogen-bond acceptors (Lipinski definition) is 4. The number of benzene rings is 1. The number of carbonyl (C=O) groups is 1. The maximum absolute atomic E-state index is 11.9. The van der Waals surface area contributed by atoms with E-state index < -0.39 is 0 Å². The van der Waals surface area contributed by atoms with Crippen LogP contribution in [-0.2, 0) is 10.2 Å². The van der Waals surface area contributed by atoms with Crippen LogP contribution in [0.2, 0.25) is 0 Å². The van der Waals surface area contributed by atoms with Gasteiger partial charge in [0.25, 0.3) is 0 Å². The molecule has 1 heterocycles. The molecule has 2 aliphatic rings. The highest BCUT2D eigenvalue weighted by Crippen LogP contribution is 2.49. The molecule has 4 nitrogen and oxygen atoms in total. The molecule has 2 fully saturated rings. The van der Waals surface area contributed by atoms with Crippen LogP contribution in [0.4, 0.5) is 0 Å². The molecule has 1 saturated carbocycles. The molecule has 2 unspecified atom stereocenters. The van der Waals surface area contributed by atoms with Gasteiger partial charge < -0.3 is 14.4 Å². The number of nitrogens with zero attached hydrogens (tertiary/aromatic N) is 1. The fourth-order valence-corrected chi connectivity index (χ4v) is 4.95. The summed E-state index contributed by atoms with van der Waals surface area (Å²) in [4.78, 5) is 14.3. The van der Waals surface area contributed by atoms with Crippen LogP contribution in [0, 0.1) is 3.57 Å². The maximum atomic E-state index is 11.9. The van der Waals surface area contributed by atoms with Crippen molar-refractivity contribution in [3.63, 3.8) is 0 Å². The molecule has 120 valence electrons. The lowest BCUT2D eigenvalue weighted by Crippen LogP contribution is -2.46. The summed E-state index contributed by atoms with van der Waals surface area (Å²) in [6.45, 7) is 1.04. The molecule has 3 rings (SSSR count). The van der Waals surface area contributed by atoms with Crippen LogP contribution >= 0.6 is 22.6 Å². The van der Waals surface area contributed by atoms with E-state index in [0.29, 0.717) is 24.7 Å². The van der Waals surface area contributed by atoms with Crippen molar-refractivity contribution in [2.75, 3.05) is 27.8 Å². The minimum absolute atomic E-state index is 0.0716. The zero-order valence-corrected chi connectivity index (χ0v) is 15.5. The zero-order chi connectivity index (χ0) is 15.9. The molecule has 1 aromatic carbocycles. The van der Waals surface area contributed by atoms with Crippen molar-refractivity contribution in [3.05, 3.63) is 21.3 Å². The van der Waals surface area contributed by atoms with Gasteiger partial charge in [0, 0.05) is 24.3 Å². The fraction of sp³-hybridized carbons (Fsp3) is 0.588. The van der Waals surface area contributed by atoms with Gasteiger partial charge in [-0.25, -0.2) is 0 Å². The Morgan fingerprint density at radius 1 is 1.27 bits per heavy atom. The van der Waals surface area contributed by atoms with E-state index in [-0.39, 0.29) is 5.41 Å². The third kappa shape index (κ3) is 2.42. The number of carbonyl (C=O) groups excluding carboxylic acids is 1. The summed E-state index contributed by atoms with van der Waals surface area (Å²) < 4.78 is 12.1. The first-order chi connectivity index (χ1) is 10.5. The van der Waals surface area contributed by atoms with Crippen LogP contribution in [0.1, 0.15) is 31.2 Å². The number of hydrogen-bond donors (Lipinski definition) is 0. The summed E-state index contributed by atoms with van der Waals surface area (Å²) in [6.07, 6.45) is 3.40. The van der Waals surface area contributed by atoms with Crippen molar-refractivity contribution in [3.8, 4) is 11.5 Å². The number of likely N-dealkylation sites (tertiary alicyclic amines) is 1. The number of rotatable bonds is 3. The number of fused-ring (bicyclic) bond motifs is 1. The van der Waals surface area contributed by atoms with Crippen molar-refractivity contribution < 1.29 is 14.3 Å². The Bertz CT molecular complexity index is 604. The Labute approximate surface area is 145 Å². The lowest BCUT2D eigenvalue weighted by atomic mass is 9.66. The summed E-state index contributed by atoms with van der Waals surface area (Å²) in [6, 6.07) is 4.63. The highest BCUT2D eigenvalue weighted by atomic mass is 127. The molecule has 5 heteroatoms. The molecule has 2 atom stereocenters. The van der Waals surface area contributed by atoms with Gasteiger partial charge in [0.2, 0.25) is 0 Å². The van der Waals surface area contributed by atoms with Gasteiger partial charge in [-0.15, -0.1) is 0 Å². The average Bonchev–Trinajstić information content (AvgIpc) is 2.84. The van der Waals surface area contributed by atoms with Gasteiger partial charge in [0.15, 0.2) is 11.5 Å². The predicted molar refractivity (Wildman–Crippen MR) is 93.8 cm³/mol. The first kappa shape index (κ1) is 16.1. The maximum Gasteiger partial charge on any atom is 0.174 e. The highest BCUT2D eigenvalue weighted by Gasteiger charge is 2.50. The molecule has 0 aromatic heterocycles. The second kappa shape index (κ2) is 6.00. The van der Waals surface area contributed by atoms with Crippen molar-refractivity contribution in [2.45, 2.75) is 37.1 Å². The molecule has 0 bridgehead atoms. The van der Waals surface area contributed by atoms with Crippen molar-refractivity contribution in [2.24, 2.45) is 0 Å². The summed E-state index contributed by atoms with van der Waals surface area (Å²) >= 11 is 2.31. The number of methoxy groups -OCH3 is 2. The molecule has 0 spiro atoms. The van der Waals surface area contributed by atoms with Gasteiger partial charge in [-0.2, -0.15) is 0 Å². The second-order valence-corrected chi connectivity index (χ2v) is 7.50. The van der Waals surface area contributed by atoms with E-state index in [9.17, 15) is 4.79 Å². The lowest BCUT2D eigenvalue weighted by Gasteiger charge is -2.41. The molecular weight excluding hydrogens is 393 g/mol. The first-order valence-electron chi connectivity index (χ1n) is 7.66. The Hall–Kier alpha value is -0.820. The van der Waals surface area contributed by atoms with Crippen LogP contribution in [0.15, 0.2) is 12.1 Å². The van der Waals surface area contributed by atoms with Crippen LogP contribution in [-0.4, -0.2) is 44.5 Å². The Morgan fingerprint density at radius 2 is 2.05 bits per heavy atom. The molecule has 0 N–H and O–H groups in total. The molecule has 1 aliphatic heterocycles. The van der Waals surface area contributed by atoms with Crippen molar-refractivity contribution >= 4 is 28.4 Å². The van der Waals surface area contributed by atoms with Gasteiger partial charge in [0.05, 0.1) is 17.8 Å². The largest absolute Gasteiger partial charge is 0.493 e. The van der Waals surface area contributed by atoms with E-state index in [1.54, 1.807) is 14.2 Å². The predicted octanol–water partition coefficient (Wildman–Crippen LogP) is 3.00. The topological polar surface area (TPSA) is 38.8 Å². The number of ketones is 1. The third-order valence-electron chi connectivity index (χ3n) is 5.36. The number of Topliss-reactive ketones (excluding diaryl/α,β-unsaturated/α-hetero) is 1. The lowest BCUT2D eigenvalue weighted by molar-refractivity contribution is -0.122. The fourth-order valence-electron chi connectivity index (χ4n) is 4.13. The smallest absolute Gasteiger partial charge is 0.174 e. The molecule has 0 radical (unpaired) electrons. The van der Waals surface area contributed by atoms with Crippen LogP contribution in [0.3, 0.4) is 0 Å². The summed E-state index contributed by atoms with van der Waals surface area (Å²) in [5.74, 6) is 1.96. The van der Waals surface area contributed by atoms with E-state index in [1.807, 2.05) is 0 Å². The Kier molecular flexibility index (Phi) is 4.38. The minimum atomic E-state index is 0.0716. The van der Waals surface area contributed by atoms with Gasteiger partial charge >= 0.3 is 0 Å². The molecule has 1 aliphatic carbocycles. The van der Waals surface area contributed by atoms with Crippen LogP contribution in [0.5, 0.6) is 11.5 Å². The van der Waals surface area contributed by atoms with Crippen molar-refractivity contribution in [1.82, 2.24) is 4.90 Å². The minimum Gasteiger partial charge on any atom is -0.493 e. The third-order valence-corrected chi connectivity index (χ3v) is 6.16. The summed E-state index contributed by atoms with van der Waals surface area (Å²) in [5.41, 5.74) is 1.36. The molecule has 22 heavy (non-hydrogen) atoms. The number of halogens is 1. The Morgan fingerprint density at radius 3 is 2.73 bits per heavy atom. The standard InChI is InChI=1S/C17H22INO3/c1-19-7-6-17(5-4-12(20)10-15(17)19)11-8-13(18)16(22-3)14(9-11)21-2/h8-9,15H,4-7,10H2,1-3H3.